The molecule has 0 radical (unpaired) electrons. The van der Waals surface area contributed by atoms with Crippen molar-refractivity contribution in [3.8, 4) is 0 Å². The molecule has 1 atom stereocenters. The van der Waals surface area contributed by atoms with Crippen LogP contribution < -0.4 is 5.73 Å². The average molecular weight is 226 g/mol. The van der Waals surface area contributed by atoms with E-state index in [9.17, 15) is 0 Å². The summed E-state index contributed by atoms with van der Waals surface area (Å²) in [5.41, 5.74) is 6.66. The van der Waals surface area contributed by atoms with Crippen LogP contribution in [0.15, 0.2) is 0 Å². The van der Waals surface area contributed by atoms with Crippen LogP contribution in [0.1, 0.15) is 39.5 Å². The summed E-state index contributed by atoms with van der Waals surface area (Å²) in [6.07, 6.45) is 4.95. The normalized spacial score (nSPS) is 27.2. The van der Waals surface area contributed by atoms with Gasteiger partial charge in [-0.1, -0.05) is 0 Å². The highest BCUT2D eigenvalue weighted by molar-refractivity contribution is 4.97. The Labute approximate surface area is 99.3 Å². The van der Waals surface area contributed by atoms with Gasteiger partial charge in [0.1, 0.15) is 0 Å². The van der Waals surface area contributed by atoms with E-state index in [1.807, 2.05) is 0 Å². The predicted octanol–water partition coefficient (Wildman–Crippen LogP) is 1.61. The van der Waals surface area contributed by atoms with Crippen molar-refractivity contribution in [2.45, 2.75) is 51.1 Å². The summed E-state index contributed by atoms with van der Waals surface area (Å²) < 4.78 is 5.42. The Hall–Kier alpha value is -0.120. The van der Waals surface area contributed by atoms with E-state index in [-0.39, 0.29) is 11.6 Å². The summed E-state index contributed by atoms with van der Waals surface area (Å²) in [5.74, 6) is 0.643. The second-order valence-electron chi connectivity index (χ2n) is 5.82. The zero-order chi connectivity index (χ0) is 11.6. The van der Waals surface area contributed by atoms with Crippen LogP contribution in [-0.4, -0.2) is 42.8 Å². The van der Waals surface area contributed by atoms with Crippen LogP contribution in [0, 0.1) is 5.92 Å². The van der Waals surface area contributed by atoms with E-state index < -0.39 is 0 Å². The molecule has 0 aromatic rings. The van der Waals surface area contributed by atoms with Gasteiger partial charge >= 0.3 is 0 Å². The number of hydrogen-bond donors (Lipinski definition) is 1. The van der Waals surface area contributed by atoms with Crippen LogP contribution >= 0.6 is 0 Å². The zero-order valence-corrected chi connectivity index (χ0v) is 10.7. The molecule has 1 unspecified atom stereocenters. The van der Waals surface area contributed by atoms with Gasteiger partial charge in [0.25, 0.3) is 0 Å². The number of hydrogen-bond acceptors (Lipinski definition) is 3. The lowest BCUT2D eigenvalue weighted by atomic mass is 9.80. The molecule has 3 heteroatoms. The lowest BCUT2D eigenvalue weighted by molar-refractivity contribution is 0.0242. The number of rotatable bonds is 3. The Bertz CT molecular complexity index is 218. The number of ether oxygens (including phenoxy) is 1. The van der Waals surface area contributed by atoms with Gasteiger partial charge in [0.2, 0.25) is 0 Å². The first kappa shape index (κ1) is 12.3. The second kappa shape index (κ2) is 5.03. The van der Waals surface area contributed by atoms with E-state index in [2.05, 4.69) is 18.7 Å². The highest BCUT2D eigenvalue weighted by Gasteiger charge is 2.38. The van der Waals surface area contributed by atoms with Crippen LogP contribution in [-0.2, 0) is 4.74 Å². The fourth-order valence-corrected chi connectivity index (χ4v) is 3.16. The maximum Gasteiger partial charge on any atom is 0.0469 e. The maximum atomic E-state index is 6.51. The molecule has 0 amide bonds. The molecule has 0 aromatic heterocycles. The Morgan fingerprint density at radius 2 is 1.75 bits per heavy atom. The minimum atomic E-state index is 0.151. The van der Waals surface area contributed by atoms with Crippen molar-refractivity contribution < 1.29 is 4.74 Å². The van der Waals surface area contributed by atoms with Crippen LogP contribution in [0.25, 0.3) is 0 Å². The molecule has 2 N–H and O–H groups in total. The third kappa shape index (κ3) is 2.41. The largest absolute Gasteiger partial charge is 0.381 e. The molecule has 2 rings (SSSR count). The molecule has 0 aliphatic carbocycles. The summed E-state index contributed by atoms with van der Waals surface area (Å²) in [7, 11) is 0. The van der Waals surface area contributed by atoms with Crippen molar-refractivity contribution in [2.24, 2.45) is 11.7 Å². The SMILES string of the molecule is CC(C)(C(N)C1CCOCC1)N1CCCC1. The summed E-state index contributed by atoms with van der Waals surface area (Å²) in [6, 6.07) is 0.287. The van der Waals surface area contributed by atoms with Crippen molar-refractivity contribution >= 4 is 0 Å². The number of nitrogens with zero attached hydrogens (tertiary/aromatic N) is 1. The van der Waals surface area contributed by atoms with Crippen molar-refractivity contribution in [2.75, 3.05) is 26.3 Å². The van der Waals surface area contributed by atoms with Crippen molar-refractivity contribution in [1.29, 1.82) is 0 Å². The molecule has 0 saturated carbocycles. The summed E-state index contributed by atoms with van der Waals surface area (Å²) >= 11 is 0. The molecule has 16 heavy (non-hydrogen) atoms. The molecule has 2 fully saturated rings. The highest BCUT2D eigenvalue weighted by Crippen LogP contribution is 2.30. The number of likely N-dealkylation sites (tertiary alicyclic amines) is 1. The fourth-order valence-electron chi connectivity index (χ4n) is 3.16. The smallest absolute Gasteiger partial charge is 0.0469 e. The quantitative estimate of drug-likeness (QED) is 0.794. The molecule has 2 saturated heterocycles. The van der Waals surface area contributed by atoms with Gasteiger partial charge in [-0.2, -0.15) is 0 Å². The molecule has 0 bridgehead atoms. The lowest BCUT2D eigenvalue weighted by Gasteiger charge is -2.44. The molecule has 2 aliphatic heterocycles. The Morgan fingerprint density at radius 3 is 2.31 bits per heavy atom. The first-order valence-electron chi connectivity index (χ1n) is 6.71. The van der Waals surface area contributed by atoms with E-state index in [1.165, 1.54) is 25.9 Å². The van der Waals surface area contributed by atoms with E-state index in [0.717, 1.165) is 26.1 Å². The molecule has 0 spiro atoms. The van der Waals surface area contributed by atoms with Gasteiger partial charge in [-0.3, -0.25) is 4.90 Å². The van der Waals surface area contributed by atoms with Gasteiger partial charge in [0, 0.05) is 24.8 Å². The molecular formula is C13H26N2O. The van der Waals surface area contributed by atoms with Crippen LogP contribution in [0.5, 0.6) is 0 Å². The van der Waals surface area contributed by atoms with Gasteiger partial charge in [-0.05, 0) is 58.5 Å². The van der Waals surface area contributed by atoms with Crippen molar-refractivity contribution in [3.05, 3.63) is 0 Å². The van der Waals surface area contributed by atoms with Crippen LogP contribution in [0.2, 0.25) is 0 Å². The maximum absolute atomic E-state index is 6.51. The Morgan fingerprint density at radius 1 is 1.19 bits per heavy atom. The van der Waals surface area contributed by atoms with Crippen molar-refractivity contribution in [3.63, 3.8) is 0 Å². The van der Waals surface area contributed by atoms with Gasteiger partial charge in [0.05, 0.1) is 0 Å². The minimum Gasteiger partial charge on any atom is -0.381 e. The molecular weight excluding hydrogens is 200 g/mol. The Kier molecular flexibility index (Phi) is 3.88. The molecule has 3 nitrogen and oxygen atoms in total. The van der Waals surface area contributed by atoms with Crippen LogP contribution in [0.3, 0.4) is 0 Å². The first-order chi connectivity index (χ1) is 7.62. The summed E-state index contributed by atoms with van der Waals surface area (Å²) in [4.78, 5) is 2.58. The monoisotopic (exact) mass is 226 g/mol. The molecule has 94 valence electrons. The Balaban J connectivity index is 1.97. The molecule has 2 aliphatic rings. The minimum absolute atomic E-state index is 0.151. The number of nitrogens with two attached hydrogens (primary N) is 1. The van der Waals surface area contributed by atoms with Gasteiger partial charge in [0.15, 0.2) is 0 Å². The summed E-state index contributed by atoms with van der Waals surface area (Å²) in [6.45, 7) is 8.88. The van der Waals surface area contributed by atoms with Gasteiger partial charge < -0.3 is 10.5 Å². The zero-order valence-electron chi connectivity index (χ0n) is 10.7. The van der Waals surface area contributed by atoms with E-state index in [0.29, 0.717) is 5.92 Å². The lowest BCUT2D eigenvalue weighted by Crippen LogP contribution is -2.58. The second-order valence-corrected chi connectivity index (χ2v) is 5.82. The van der Waals surface area contributed by atoms with E-state index >= 15 is 0 Å². The van der Waals surface area contributed by atoms with Crippen LogP contribution in [0.4, 0.5) is 0 Å². The van der Waals surface area contributed by atoms with Gasteiger partial charge in [-0.25, -0.2) is 0 Å². The first-order valence-corrected chi connectivity index (χ1v) is 6.71. The average Bonchev–Trinajstić information content (AvgIpc) is 2.83. The molecule has 0 aromatic carbocycles. The third-order valence-corrected chi connectivity index (χ3v) is 4.51. The predicted molar refractivity (Wildman–Crippen MR) is 66.4 cm³/mol. The van der Waals surface area contributed by atoms with E-state index in [4.69, 9.17) is 10.5 Å². The van der Waals surface area contributed by atoms with E-state index in [1.54, 1.807) is 0 Å². The van der Waals surface area contributed by atoms with Gasteiger partial charge in [-0.15, -0.1) is 0 Å². The molecule has 2 heterocycles. The summed E-state index contributed by atoms with van der Waals surface area (Å²) in [5, 5.41) is 0. The highest BCUT2D eigenvalue weighted by atomic mass is 16.5. The standard InChI is InChI=1S/C13H26N2O/c1-13(2,15-7-3-4-8-15)12(14)11-5-9-16-10-6-11/h11-12H,3-10,14H2,1-2H3. The third-order valence-electron chi connectivity index (χ3n) is 4.51. The topological polar surface area (TPSA) is 38.5 Å². The fraction of sp³-hybridized carbons (Fsp3) is 1.00. The van der Waals surface area contributed by atoms with Crippen molar-refractivity contribution in [1.82, 2.24) is 4.90 Å².